The van der Waals surface area contributed by atoms with Gasteiger partial charge in [0, 0.05) is 11.8 Å². The molecule has 0 unspecified atom stereocenters. The molecule has 2 heterocycles. The van der Waals surface area contributed by atoms with Crippen molar-refractivity contribution < 1.29 is 34.4 Å². The molecule has 0 aromatic rings. The fraction of sp³-hybridized carbons (Fsp3) is 0.733. The van der Waals surface area contributed by atoms with Crippen LogP contribution in [0, 0.1) is 16.7 Å². The van der Waals surface area contributed by atoms with Gasteiger partial charge in [0.05, 0.1) is 11.5 Å². The predicted octanol–water partition coefficient (Wildman–Crippen LogP) is -1.11. The van der Waals surface area contributed by atoms with Gasteiger partial charge < -0.3 is 24.8 Å². The van der Waals surface area contributed by atoms with Crippen LogP contribution >= 0.6 is 0 Å². The van der Waals surface area contributed by atoms with Crippen LogP contribution < -0.4 is 0 Å². The van der Waals surface area contributed by atoms with Crippen LogP contribution in [0.15, 0.2) is 11.6 Å². The van der Waals surface area contributed by atoms with E-state index in [4.69, 9.17) is 9.47 Å². The van der Waals surface area contributed by atoms with Crippen LogP contribution in [0.2, 0.25) is 0 Å². The van der Waals surface area contributed by atoms with Crippen molar-refractivity contribution in [1.29, 1.82) is 0 Å². The molecule has 2 saturated heterocycles. The molecule has 7 heteroatoms. The number of rotatable bonds is 0. The molecule has 120 valence electrons. The molecule has 4 aliphatic rings. The zero-order chi connectivity index (χ0) is 16.1. The molecule has 1 saturated carbocycles. The van der Waals surface area contributed by atoms with E-state index in [1.54, 1.807) is 19.9 Å². The summed E-state index contributed by atoms with van der Waals surface area (Å²) in [5.74, 6) is -2.13. The van der Waals surface area contributed by atoms with E-state index in [-0.39, 0.29) is 13.0 Å². The molecule has 3 fully saturated rings. The zero-order valence-electron chi connectivity index (χ0n) is 12.3. The normalized spacial score (nSPS) is 56.0. The summed E-state index contributed by atoms with van der Waals surface area (Å²) in [6, 6.07) is 0. The van der Waals surface area contributed by atoms with Crippen molar-refractivity contribution in [3.63, 3.8) is 0 Å². The molecule has 2 bridgehead atoms. The number of ether oxygens (including phenoxy) is 2. The third kappa shape index (κ3) is 1.15. The van der Waals surface area contributed by atoms with Gasteiger partial charge in [0.2, 0.25) is 5.60 Å². The number of cyclic esters (lactones) is 1. The molecule has 7 atom stereocenters. The van der Waals surface area contributed by atoms with Crippen molar-refractivity contribution in [2.24, 2.45) is 16.7 Å². The lowest BCUT2D eigenvalue weighted by Crippen LogP contribution is -2.71. The Morgan fingerprint density at radius 2 is 2.00 bits per heavy atom. The Hall–Kier alpha value is -1.44. The number of esters is 2. The van der Waals surface area contributed by atoms with Crippen LogP contribution in [-0.2, 0) is 19.1 Å². The summed E-state index contributed by atoms with van der Waals surface area (Å²) >= 11 is 0. The van der Waals surface area contributed by atoms with Crippen LogP contribution in [-0.4, -0.2) is 57.8 Å². The first-order chi connectivity index (χ1) is 10.2. The van der Waals surface area contributed by atoms with Crippen molar-refractivity contribution in [2.75, 3.05) is 6.61 Å². The third-order valence-corrected chi connectivity index (χ3v) is 6.36. The molecule has 4 rings (SSSR count). The van der Waals surface area contributed by atoms with Crippen molar-refractivity contribution >= 4 is 11.9 Å². The SMILES string of the molecule is C[C@@H]1[C@@H](O)C=C2[C@]13C[C@H](OC(=O)[C@@H]3O)[C@@]1(O)C(=O)OC[C@@]21C. The second kappa shape index (κ2) is 3.72. The molecule has 2 aliphatic heterocycles. The summed E-state index contributed by atoms with van der Waals surface area (Å²) in [5, 5.41) is 31.8. The highest BCUT2D eigenvalue weighted by Crippen LogP contribution is 2.67. The highest BCUT2D eigenvalue weighted by atomic mass is 16.6. The zero-order valence-corrected chi connectivity index (χ0v) is 12.3. The van der Waals surface area contributed by atoms with Gasteiger partial charge in [-0.05, 0) is 18.4 Å². The number of hydrogen-bond acceptors (Lipinski definition) is 7. The molecule has 3 N–H and O–H groups in total. The topological polar surface area (TPSA) is 113 Å². The van der Waals surface area contributed by atoms with Crippen LogP contribution in [0.5, 0.6) is 0 Å². The lowest BCUT2D eigenvalue weighted by Gasteiger charge is -2.58. The van der Waals surface area contributed by atoms with Crippen molar-refractivity contribution in [3.8, 4) is 0 Å². The number of aliphatic hydroxyl groups is 3. The van der Waals surface area contributed by atoms with E-state index in [2.05, 4.69) is 0 Å². The van der Waals surface area contributed by atoms with Gasteiger partial charge in [-0.3, -0.25) is 0 Å². The Kier molecular flexibility index (Phi) is 2.40. The summed E-state index contributed by atoms with van der Waals surface area (Å²) in [4.78, 5) is 24.3. The van der Waals surface area contributed by atoms with Gasteiger partial charge in [-0.25, -0.2) is 9.59 Å². The largest absolute Gasteiger partial charge is 0.462 e. The third-order valence-electron chi connectivity index (χ3n) is 6.36. The number of aliphatic hydroxyl groups excluding tert-OH is 2. The van der Waals surface area contributed by atoms with E-state index in [1.165, 1.54) is 0 Å². The van der Waals surface area contributed by atoms with Gasteiger partial charge >= 0.3 is 11.9 Å². The lowest BCUT2D eigenvalue weighted by atomic mass is 9.49. The quantitative estimate of drug-likeness (QED) is 0.384. The predicted molar refractivity (Wildman–Crippen MR) is 70.2 cm³/mol. The summed E-state index contributed by atoms with van der Waals surface area (Å²) in [6.07, 6.45) is -1.75. The Balaban J connectivity index is 2.00. The highest BCUT2D eigenvalue weighted by molar-refractivity contribution is 5.88. The summed E-state index contributed by atoms with van der Waals surface area (Å²) in [6.45, 7) is 3.33. The smallest absolute Gasteiger partial charge is 0.343 e. The molecule has 1 spiro atoms. The highest BCUT2D eigenvalue weighted by Gasteiger charge is 2.78. The Labute approximate surface area is 126 Å². The Morgan fingerprint density at radius 3 is 2.68 bits per heavy atom. The average Bonchev–Trinajstić information content (AvgIpc) is 2.87. The minimum absolute atomic E-state index is 0.0733. The van der Waals surface area contributed by atoms with Crippen LogP contribution in [0.4, 0.5) is 0 Å². The molecule has 7 nitrogen and oxygen atoms in total. The summed E-state index contributed by atoms with van der Waals surface area (Å²) in [5.41, 5.74) is -3.63. The molecular formula is C15H18O7. The maximum absolute atomic E-state index is 12.2. The number of hydrogen-bond donors (Lipinski definition) is 3. The van der Waals surface area contributed by atoms with E-state index in [1.807, 2.05) is 0 Å². The van der Waals surface area contributed by atoms with E-state index in [0.29, 0.717) is 5.57 Å². The molecule has 0 aromatic carbocycles. The molecule has 0 radical (unpaired) electrons. The number of fused-ring (bicyclic) bond motifs is 4. The maximum atomic E-state index is 12.2. The monoisotopic (exact) mass is 310 g/mol. The molecular weight excluding hydrogens is 292 g/mol. The first kappa shape index (κ1) is 14.2. The minimum atomic E-state index is -1.98. The van der Waals surface area contributed by atoms with E-state index in [9.17, 15) is 24.9 Å². The summed E-state index contributed by atoms with van der Waals surface area (Å²) < 4.78 is 10.2. The molecule has 2 aliphatic carbocycles. The first-order valence-electron chi connectivity index (χ1n) is 7.38. The molecule has 0 amide bonds. The Morgan fingerprint density at radius 1 is 1.32 bits per heavy atom. The lowest BCUT2D eigenvalue weighted by molar-refractivity contribution is -0.234. The van der Waals surface area contributed by atoms with Crippen molar-refractivity contribution in [1.82, 2.24) is 0 Å². The van der Waals surface area contributed by atoms with Gasteiger partial charge in [-0.1, -0.05) is 13.0 Å². The maximum Gasteiger partial charge on any atom is 0.343 e. The first-order valence-corrected chi connectivity index (χ1v) is 7.38. The van der Waals surface area contributed by atoms with E-state index in [0.717, 1.165) is 0 Å². The van der Waals surface area contributed by atoms with Crippen molar-refractivity contribution in [3.05, 3.63) is 11.6 Å². The van der Waals surface area contributed by atoms with Crippen molar-refractivity contribution in [2.45, 2.75) is 44.2 Å². The minimum Gasteiger partial charge on any atom is -0.462 e. The standard InChI is InChI=1S/C15H18O7/c1-6-7(16)3-8-13(2)5-21-12(19)15(13,20)9-4-14(6,8)10(17)11(18)22-9/h3,6-7,9-10,16-17,20H,4-5H2,1-2H3/t6-,7+,9+,10+,13+,14+,15-/m1/s1. The van der Waals surface area contributed by atoms with Gasteiger partial charge in [0.1, 0.15) is 12.7 Å². The van der Waals surface area contributed by atoms with Gasteiger partial charge in [0.25, 0.3) is 0 Å². The van der Waals surface area contributed by atoms with Crippen LogP contribution in [0.3, 0.4) is 0 Å². The average molecular weight is 310 g/mol. The second-order valence-corrected chi connectivity index (χ2v) is 7.11. The fourth-order valence-electron chi connectivity index (χ4n) is 4.94. The number of carbonyl (C=O) groups is 2. The van der Waals surface area contributed by atoms with Crippen LogP contribution in [0.25, 0.3) is 0 Å². The van der Waals surface area contributed by atoms with Gasteiger partial charge in [0.15, 0.2) is 6.10 Å². The van der Waals surface area contributed by atoms with Crippen LogP contribution in [0.1, 0.15) is 20.3 Å². The second-order valence-electron chi connectivity index (χ2n) is 7.11. The van der Waals surface area contributed by atoms with Gasteiger partial charge in [-0.15, -0.1) is 0 Å². The number of carbonyl (C=O) groups excluding carboxylic acids is 2. The molecule has 22 heavy (non-hydrogen) atoms. The summed E-state index contributed by atoms with van der Waals surface area (Å²) in [7, 11) is 0. The fourth-order valence-corrected chi connectivity index (χ4v) is 4.94. The molecule has 0 aromatic heterocycles. The Bertz CT molecular complexity index is 627. The van der Waals surface area contributed by atoms with Gasteiger partial charge in [-0.2, -0.15) is 0 Å². The van der Waals surface area contributed by atoms with E-state index >= 15 is 0 Å². The van der Waals surface area contributed by atoms with E-state index < -0.39 is 52.6 Å².